The number of hydrogen-bond acceptors (Lipinski definition) is 4. The van der Waals surface area contributed by atoms with Crippen molar-refractivity contribution in [2.45, 2.75) is 19.3 Å². The molecule has 4 rings (SSSR count). The van der Waals surface area contributed by atoms with Crippen LogP contribution in [-0.4, -0.2) is 38.6 Å². The minimum Gasteiger partial charge on any atom is -0.497 e. The first-order chi connectivity index (χ1) is 13.7. The normalized spacial score (nSPS) is 19.2. The van der Waals surface area contributed by atoms with Gasteiger partial charge in [0.05, 0.1) is 24.4 Å². The van der Waals surface area contributed by atoms with E-state index < -0.39 is 0 Å². The Hall–Kier alpha value is -3.02. The predicted molar refractivity (Wildman–Crippen MR) is 110 cm³/mol. The molecule has 2 aromatic carbocycles. The highest BCUT2D eigenvalue weighted by Crippen LogP contribution is 2.31. The van der Waals surface area contributed by atoms with E-state index in [0.717, 1.165) is 35.9 Å². The number of hydrogen-bond donors (Lipinski definition) is 1. The van der Waals surface area contributed by atoms with Crippen LogP contribution in [0.5, 0.6) is 5.75 Å². The Morgan fingerprint density at radius 3 is 2.50 bits per heavy atom. The zero-order valence-corrected chi connectivity index (χ0v) is 16.1. The quantitative estimate of drug-likeness (QED) is 0.866. The smallest absolute Gasteiger partial charge is 0.229 e. The molecule has 0 bridgehead atoms. The van der Waals surface area contributed by atoms with Crippen LogP contribution in [0.3, 0.4) is 0 Å². The first-order valence-corrected chi connectivity index (χ1v) is 9.75. The predicted octanol–water partition coefficient (Wildman–Crippen LogP) is 3.29. The molecule has 6 heteroatoms. The summed E-state index contributed by atoms with van der Waals surface area (Å²) in [6, 6.07) is 15.2. The van der Waals surface area contributed by atoms with E-state index in [9.17, 15) is 9.59 Å². The van der Waals surface area contributed by atoms with Crippen molar-refractivity contribution < 1.29 is 14.3 Å². The van der Waals surface area contributed by atoms with Crippen LogP contribution in [0.15, 0.2) is 48.5 Å². The number of carbonyl (C=O) groups excluding carboxylic acids is 2. The number of methoxy groups -OCH3 is 1. The molecule has 0 aliphatic carbocycles. The summed E-state index contributed by atoms with van der Waals surface area (Å²) in [6.45, 7) is 2.42. The molecule has 0 aromatic heterocycles. The van der Waals surface area contributed by atoms with Crippen LogP contribution in [0.2, 0.25) is 0 Å². The number of carbonyl (C=O) groups is 2. The lowest BCUT2D eigenvalue weighted by Gasteiger charge is -2.22. The second kappa shape index (κ2) is 7.92. The van der Waals surface area contributed by atoms with Gasteiger partial charge in [-0.2, -0.15) is 0 Å². The maximum Gasteiger partial charge on any atom is 0.229 e. The van der Waals surface area contributed by atoms with Crippen LogP contribution in [0.4, 0.5) is 17.1 Å². The van der Waals surface area contributed by atoms with Gasteiger partial charge in [-0.3, -0.25) is 9.59 Å². The fraction of sp³-hybridized carbons (Fsp3) is 0.364. The van der Waals surface area contributed by atoms with Gasteiger partial charge in [-0.15, -0.1) is 0 Å². The number of para-hydroxylation sites is 2. The van der Waals surface area contributed by atoms with Crippen LogP contribution in [0.25, 0.3) is 0 Å². The first-order valence-electron chi connectivity index (χ1n) is 9.75. The molecule has 2 aliphatic heterocycles. The van der Waals surface area contributed by atoms with Gasteiger partial charge in [0.15, 0.2) is 0 Å². The summed E-state index contributed by atoms with van der Waals surface area (Å²) >= 11 is 0. The molecule has 1 atom stereocenters. The number of amides is 2. The SMILES string of the molecule is COc1ccc(N2CC(C(=O)Nc3ccccc3N3CCCC3)CC2=O)cc1. The highest BCUT2D eigenvalue weighted by molar-refractivity contribution is 6.04. The number of nitrogens with one attached hydrogen (secondary N) is 1. The van der Waals surface area contributed by atoms with Crippen molar-refractivity contribution in [2.75, 3.05) is 41.9 Å². The molecule has 0 saturated carbocycles. The van der Waals surface area contributed by atoms with Gasteiger partial charge < -0.3 is 19.9 Å². The van der Waals surface area contributed by atoms with Crippen molar-refractivity contribution in [1.29, 1.82) is 0 Å². The van der Waals surface area contributed by atoms with Gasteiger partial charge in [0.2, 0.25) is 11.8 Å². The van der Waals surface area contributed by atoms with Crippen LogP contribution in [0, 0.1) is 5.92 Å². The average Bonchev–Trinajstić information content (AvgIpc) is 3.38. The van der Waals surface area contributed by atoms with E-state index in [0.29, 0.717) is 6.54 Å². The summed E-state index contributed by atoms with van der Waals surface area (Å²) in [5.41, 5.74) is 2.67. The van der Waals surface area contributed by atoms with Crippen LogP contribution < -0.4 is 19.9 Å². The summed E-state index contributed by atoms with van der Waals surface area (Å²) in [6.07, 6.45) is 2.58. The minimum absolute atomic E-state index is 0.0295. The molecule has 0 spiro atoms. The van der Waals surface area contributed by atoms with Crippen molar-refractivity contribution in [1.82, 2.24) is 0 Å². The minimum atomic E-state index is -0.360. The van der Waals surface area contributed by atoms with Crippen molar-refractivity contribution in [3.8, 4) is 5.75 Å². The van der Waals surface area contributed by atoms with Gasteiger partial charge in [0, 0.05) is 31.7 Å². The third-order valence-electron chi connectivity index (χ3n) is 5.49. The molecule has 2 amide bonds. The Morgan fingerprint density at radius 2 is 1.79 bits per heavy atom. The van der Waals surface area contributed by atoms with E-state index in [1.54, 1.807) is 12.0 Å². The monoisotopic (exact) mass is 379 g/mol. The molecule has 1 N–H and O–H groups in total. The number of nitrogens with zero attached hydrogens (tertiary/aromatic N) is 2. The molecule has 28 heavy (non-hydrogen) atoms. The fourth-order valence-corrected chi connectivity index (χ4v) is 3.94. The second-order valence-corrected chi connectivity index (χ2v) is 7.30. The third-order valence-corrected chi connectivity index (χ3v) is 5.49. The van der Waals surface area contributed by atoms with Crippen molar-refractivity contribution in [3.05, 3.63) is 48.5 Å². The molecular formula is C22H25N3O3. The maximum absolute atomic E-state index is 12.9. The zero-order chi connectivity index (χ0) is 19.5. The van der Waals surface area contributed by atoms with E-state index in [1.807, 2.05) is 48.5 Å². The number of benzene rings is 2. The lowest BCUT2D eigenvalue weighted by molar-refractivity contribution is -0.122. The van der Waals surface area contributed by atoms with Gasteiger partial charge in [-0.05, 0) is 49.2 Å². The van der Waals surface area contributed by atoms with Crippen molar-refractivity contribution in [3.63, 3.8) is 0 Å². The Labute approximate surface area is 165 Å². The fourth-order valence-electron chi connectivity index (χ4n) is 3.94. The summed E-state index contributed by atoms with van der Waals surface area (Å²) in [5.74, 6) is 0.249. The highest BCUT2D eigenvalue weighted by atomic mass is 16.5. The van der Waals surface area contributed by atoms with E-state index >= 15 is 0 Å². The lowest BCUT2D eigenvalue weighted by atomic mass is 10.1. The number of anilines is 3. The molecule has 2 fully saturated rings. The Bertz CT molecular complexity index is 860. The van der Waals surface area contributed by atoms with Gasteiger partial charge in [0.1, 0.15) is 5.75 Å². The summed E-state index contributed by atoms with van der Waals surface area (Å²) in [5, 5.41) is 3.06. The first kappa shape index (κ1) is 18.3. The Morgan fingerprint density at radius 1 is 1.07 bits per heavy atom. The van der Waals surface area contributed by atoms with Gasteiger partial charge >= 0.3 is 0 Å². The molecule has 2 aromatic rings. The summed E-state index contributed by atoms with van der Waals surface area (Å²) < 4.78 is 5.17. The molecule has 1 unspecified atom stereocenters. The zero-order valence-electron chi connectivity index (χ0n) is 16.1. The average molecular weight is 379 g/mol. The molecule has 2 aliphatic rings. The highest BCUT2D eigenvalue weighted by Gasteiger charge is 2.35. The van der Waals surface area contributed by atoms with Crippen LogP contribution in [0.1, 0.15) is 19.3 Å². The lowest BCUT2D eigenvalue weighted by Crippen LogP contribution is -2.28. The van der Waals surface area contributed by atoms with Gasteiger partial charge in [-0.25, -0.2) is 0 Å². The molecule has 146 valence electrons. The molecular weight excluding hydrogens is 354 g/mol. The Balaban J connectivity index is 1.45. The molecule has 2 heterocycles. The maximum atomic E-state index is 12.9. The molecule has 0 radical (unpaired) electrons. The number of rotatable bonds is 5. The van der Waals surface area contributed by atoms with E-state index in [-0.39, 0.29) is 24.2 Å². The molecule has 6 nitrogen and oxygen atoms in total. The van der Waals surface area contributed by atoms with Crippen molar-refractivity contribution in [2.24, 2.45) is 5.92 Å². The standard InChI is InChI=1S/C22H25N3O3/c1-28-18-10-8-17(9-11-18)25-15-16(14-21(25)26)22(27)23-19-6-2-3-7-20(19)24-12-4-5-13-24/h2-3,6-11,16H,4-5,12-15H2,1H3,(H,23,27). The summed E-state index contributed by atoms with van der Waals surface area (Å²) in [7, 11) is 1.61. The van der Waals surface area contributed by atoms with E-state index in [4.69, 9.17) is 4.74 Å². The summed E-state index contributed by atoms with van der Waals surface area (Å²) in [4.78, 5) is 29.3. The van der Waals surface area contributed by atoms with Crippen LogP contribution in [-0.2, 0) is 9.59 Å². The van der Waals surface area contributed by atoms with Gasteiger partial charge in [-0.1, -0.05) is 12.1 Å². The van der Waals surface area contributed by atoms with Gasteiger partial charge in [0.25, 0.3) is 0 Å². The van der Waals surface area contributed by atoms with E-state index in [1.165, 1.54) is 12.8 Å². The van der Waals surface area contributed by atoms with Crippen molar-refractivity contribution >= 4 is 28.9 Å². The Kier molecular flexibility index (Phi) is 5.19. The molecule has 2 saturated heterocycles. The number of ether oxygens (including phenoxy) is 1. The van der Waals surface area contributed by atoms with E-state index in [2.05, 4.69) is 10.2 Å². The topological polar surface area (TPSA) is 61.9 Å². The van der Waals surface area contributed by atoms with Crippen LogP contribution >= 0.6 is 0 Å². The second-order valence-electron chi connectivity index (χ2n) is 7.30. The largest absolute Gasteiger partial charge is 0.497 e. The third kappa shape index (κ3) is 3.67.